The van der Waals surface area contributed by atoms with Crippen LogP contribution in [0.15, 0.2) is 78.9 Å². The van der Waals surface area contributed by atoms with E-state index in [1.807, 2.05) is 48.5 Å². The number of hydrogen-bond donors (Lipinski definition) is 1. The maximum absolute atomic E-state index is 12.6. The Balaban J connectivity index is 1.84. The summed E-state index contributed by atoms with van der Waals surface area (Å²) in [4.78, 5) is 12.6. The van der Waals surface area contributed by atoms with E-state index in [4.69, 9.17) is 11.6 Å². The van der Waals surface area contributed by atoms with Crippen molar-refractivity contribution >= 4 is 17.5 Å². The van der Waals surface area contributed by atoms with Gasteiger partial charge in [0.25, 0.3) is 0 Å². The summed E-state index contributed by atoms with van der Waals surface area (Å²) in [5.74, 6) is -0.0532. The molecule has 0 heterocycles. The molecule has 0 aromatic heterocycles. The number of hydrogen-bond acceptors (Lipinski definition) is 1. The Bertz CT molecular complexity index is 843. The maximum atomic E-state index is 12.6. The van der Waals surface area contributed by atoms with Gasteiger partial charge in [0.15, 0.2) is 0 Å². The van der Waals surface area contributed by atoms with Crippen LogP contribution in [0.25, 0.3) is 0 Å². The van der Waals surface area contributed by atoms with Crippen LogP contribution >= 0.6 is 11.6 Å². The molecule has 1 amide bonds. The Kier molecular flexibility index (Phi) is 5.52. The number of rotatable bonds is 5. The lowest BCUT2D eigenvalue weighted by Crippen LogP contribution is -2.30. The second-order valence-electron chi connectivity index (χ2n) is 6.09. The summed E-state index contributed by atoms with van der Waals surface area (Å²) in [7, 11) is 0. The van der Waals surface area contributed by atoms with Crippen molar-refractivity contribution in [1.82, 2.24) is 5.32 Å². The molecule has 0 bridgehead atoms. The highest BCUT2D eigenvalue weighted by atomic mass is 35.5. The molecule has 0 radical (unpaired) electrons. The minimum Gasteiger partial charge on any atom is -0.345 e. The molecule has 0 spiro atoms. The van der Waals surface area contributed by atoms with E-state index in [9.17, 15) is 4.79 Å². The fourth-order valence-electron chi connectivity index (χ4n) is 2.79. The zero-order valence-electron chi connectivity index (χ0n) is 14.1. The van der Waals surface area contributed by atoms with Gasteiger partial charge in [-0.25, -0.2) is 0 Å². The van der Waals surface area contributed by atoms with Gasteiger partial charge in [0.1, 0.15) is 0 Å². The van der Waals surface area contributed by atoms with Crippen LogP contribution in [-0.2, 0) is 11.2 Å². The highest BCUT2D eigenvalue weighted by molar-refractivity contribution is 6.31. The SMILES string of the molecule is Cc1ccc([C@H](NC(=O)Cc2ccccc2Cl)c2ccccc2)cc1. The normalized spacial score (nSPS) is 11.8. The summed E-state index contributed by atoms with van der Waals surface area (Å²) in [5, 5.41) is 3.76. The number of carbonyl (C=O) groups excluding carboxylic acids is 1. The van der Waals surface area contributed by atoms with Crippen LogP contribution in [0.1, 0.15) is 28.3 Å². The first-order valence-electron chi connectivity index (χ1n) is 8.28. The van der Waals surface area contributed by atoms with Crippen LogP contribution in [0.5, 0.6) is 0 Å². The molecule has 0 saturated heterocycles. The van der Waals surface area contributed by atoms with Gasteiger partial charge in [-0.2, -0.15) is 0 Å². The molecular weight excluding hydrogens is 330 g/mol. The largest absolute Gasteiger partial charge is 0.345 e. The van der Waals surface area contributed by atoms with Gasteiger partial charge in [-0.1, -0.05) is 90.0 Å². The molecule has 3 rings (SSSR count). The Morgan fingerprint density at radius 1 is 0.880 bits per heavy atom. The lowest BCUT2D eigenvalue weighted by Gasteiger charge is -2.20. The standard InChI is InChI=1S/C22H20ClNO/c1-16-11-13-18(14-12-16)22(17-7-3-2-4-8-17)24-21(25)15-19-9-5-6-10-20(19)23/h2-14,22H,15H2,1H3,(H,24,25)/t22-/m1/s1. The lowest BCUT2D eigenvalue weighted by atomic mass is 9.97. The van der Waals surface area contributed by atoms with Crippen molar-refractivity contribution in [2.75, 3.05) is 0 Å². The van der Waals surface area contributed by atoms with E-state index in [2.05, 4.69) is 36.5 Å². The molecule has 0 aliphatic carbocycles. The van der Waals surface area contributed by atoms with Crippen molar-refractivity contribution in [2.24, 2.45) is 0 Å². The average Bonchev–Trinajstić information content (AvgIpc) is 2.63. The highest BCUT2D eigenvalue weighted by Gasteiger charge is 2.17. The zero-order valence-corrected chi connectivity index (χ0v) is 14.8. The van der Waals surface area contributed by atoms with Crippen LogP contribution in [0.3, 0.4) is 0 Å². The van der Waals surface area contributed by atoms with Crippen LogP contribution < -0.4 is 5.32 Å². The second-order valence-corrected chi connectivity index (χ2v) is 6.50. The molecule has 0 fully saturated rings. The van der Waals surface area contributed by atoms with Gasteiger partial charge in [0, 0.05) is 5.02 Å². The van der Waals surface area contributed by atoms with Gasteiger partial charge in [0.2, 0.25) is 5.91 Å². The predicted molar refractivity (Wildman–Crippen MR) is 103 cm³/mol. The summed E-state index contributed by atoms with van der Waals surface area (Å²) in [6.45, 7) is 2.05. The first-order chi connectivity index (χ1) is 12.1. The fourth-order valence-corrected chi connectivity index (χ4v) is 2.99. The molecule has 3 heteroatoms. The Morgan fingerprint density at radius 3 is 2.16 bits per heavy atom. The van der Waals surface area contributed by atoms with Crippen molar-refractivity contribution in [1.29, 1.82) is 0 Å². The Labute approximate surface area is 153 Å². The van der Waals surface area contributed by atoms with E-state index in [0.717, 1.165) is 16.7 Å². The molecule has 1 atom stereocenters. The minimum atomic E-state index is -0.184. The number of amides is 1. The first kappa shape index (κ1) is 17.2. The number of carbonyl (C=O) groups is 1. The Morgan fingerprint density at radius 2 is 1.48 bits per heavy atom. The van der Waals surface area contributed by atoms with E-state index >= 15 is 0 Å². The monoisotopic (exact) mass is 349 g/mol. The van der Waals surface area contributed by atoms with Crippen molar-refractivity contribution < 1.29 is 4.79 Å². The van der Waals surface area contributed by atoms with Crippen LogP contribution in [0, 0.1) is 6.92 Å². The molecule has 25 heavy (non-hydrogen) atoms. The predicted octanol–water partition coefficient (Wildman–Crippen LogP) is 5.10. The van der Waals surface area contributed by atoms with Crippen LogP contribution in [0.2, 0.25) is 5.02 Å². The van der Waals surface area contributed by atoms with Gasteiger partial charge in [0.05, 0.1) is 12.5 Å². The summed E-state index contributed by atoms with van der Waals surface area (Å²) in [6, 6.07) is 25.5. The van der Waals surface area contributed by atoms with E-state index in [0.29, 0.717) is 5.02 Å². The third-order valence-corrected chi connectivity index (χ3v) is 4.53. The number of halogens is 1. The maximum Gasteiger partial charge on any atom is 0.225 e. The average molecular weight is 350 g/mol. The second kappa shape index (κ2) is 8.00. The Hall–Kier alpha value is -2.58. The first-order valence-corrected chi connectivity index (χ1v) is 8.65. The number of benzene rings is 3. The third kappa shape index (κ3) is 4.49. The highest BCUT2D eigenvalue weighted by Crippen LogP contribution is 2.23. The molecule has 0 aliphatic rings. The van der Waals surface area contributed by atoms with E-state index in [1.54, 1.807) is 6.07 Å². The van der Waals surface area contributed by atoms with Gasteiger partial charge < -0.3 is 5.32 Å². The van der Waals surface area contributed by atoms with E-state index in [-0.39, 0.29) is 18.4 Å². The molecule has 3 aromatic carbocycles. The van der Waals surface area contributed by atoms with Gasteiger partial charge in [-0.05, 0) is 29.7 Å². The number of aryl methyl sites for hydroxylation is 1. The molecule has 3 aromatic rings. The minimum absolute atomic E-state index is 0.0532. The van der Waals surface area contributed by atoms with Gasteiger partial charge in [-0.3, -0.25) is 4.79 Å². The smallest absolute Gasteiger partial charge is 0.225 e. The summed E-state index contributed by atoms with van der Waals surface area (Å²) >= 11 is 6.18. The van der Waals surface area contributed by atoms with Crippen LogP contribution in [0.4, 0.5) is 0 Å². The van der Waals surface area contributed by atoms with Crippen molar-refractivity contribution in [3.05, 3.63) is 106 Å². The molecule has 0 saturated carbocycles. The fraction of sp³-hybridized carbons (Fsp3) is 0.136. The van der Waals surface area contributed by atoms with Crippen molar-refractivity contribution in [3.63, 3.8) is 0 Å². The molecule has 1 N–H and O–H groups in total. The topological polar surface area (TPSA) is 29.1 Å². The van der Waals surface area contributed by atoms with E-state index < -0.39 is 0 Å². The van der Waals surface area contributed by atoms with Gasteiger partial charge in [-0.15, -0.1) is 0 Å². The van der Waals surface area contributed by atoms with Crippen molar-refractivity contribution in [3.8, 4) is 0 Å². The van der Waals surface area contributed by atoms with E-state index in [1.165, 1.54) is 5.56 Å². The molecule has 2 nitrogen and oxygen atoms in total. The zero-order chi connectivity index (χ0) is 17.6. The summed E-state index contributed by atoms with van der Waals surface area (Å²) < 4.78 is 0. The summed E-state index contributed by atoms with van der Waals surface area (Å²) in [6.07, 6.45) is 0.259. The molecule has 0 unspecified atom stereocenters. The summed E-state index contributed by atoms with van der Waals surface area (Å²) in [5.41, 5.74) is 4.14. The molecule has 0 aliphatic heterocycles. The quantitative estimate of drug-likeness (QED) is 0.682. The third-order valence-electron chi connectivity index (χ3n) is 4.16. The lowest BCUT2D eigenvalue weighted by molar-refractivity contribution is -0.120. The van der Waals surface area contributed by atoms with Crippen molar-refractivity contribution in [2.45, 2.75) is 19.4 Å². The number of nitrogens with one attached hydrogen (secondary N) is 1. The van der Waals surface area contributed by atoms with Gasteiger partial charge >= 0.3 is 0 Å². The van der Waals surface area contributed by atoms with Crippen LogP contribution in [-0.4, -0.2) is 5.91 Å². The molecular formula is C22H20ClNO. The molecule has 126 valence electrons.